The summed E-state index contributed by atoms with van der Waals surface area (Å²) in [6.07, 6.45) is 1.74. The average molecular weight is 298 g/mol. The van der Waals surface area contributed by atoms with E-state index in [4.69, 9.17) is 4.42 Å². The smallest absolute Gasteiger partial charge is 0.156 e. The Morgan fingerprint density at radius 2 is 2.20 bits per heavy atom. The molecule has 0 fully saturated rings. The van der Waals surface area contributed by atoms with Crippen molar-refractivity contribution in [2.45, 2.75) is 11.3 Å². The lowest BCUT2D eigenvalue weighted by Crippen LogP contribution is -1.73. The van der Waals surface area contributed by atoms with E-state index < -0.39 is 0 Å². The van der Waals surface area contributed by atoms with E-state index in [9.17, 15) is 5.26 Å². The third-order valence-corrected chi connectivity index (χ3v) is 4.64. The Morgan fingerprint density at radius 1 is 1.35 bits per heavy atom. The Hall–Kier alpha value is -2.03. The van der Waals surface area contributed by atoms with E-state index in [1.807, 2.05) is 43.3 Å². The quantitative estimate of drug-likeness (QED) is 0.512. The number of thiazole rings is 1. The number of hydrogen-bond donors (Lipinski definition) is 0. The summed E-state index contributed by atoms with van der Waals surface area (Å²) < 4.78 is 7.44. The lowest BCUT2D eigenvalue weighted by molar-refractivity contribution is 0.525. The number of aromatic nitrogens is 1. The van der Waals surface area contributed by atoms with Crippen LogP contribution in [0.3, 0.4) is 0 Å². The van der Waals surface area contributed by atoms with Crippen molar-refractivity contribution in [3.63, 3.8) is 0 Å². The third-order valence-electron chi connectivity index (χ3n) is 2.62. The van der Waals surface area contributed by atoms with Crippen LogP contribution in [0.1, 0.15) is 11.5 Å². The van der Waals surface area contributed by atoms with E-state index in [2.05, 4.69) is 11.1 Å². The summed E-state index contributed by atoms with van der Waals surface area (Å²) in [6.45, 7) is 1.88. The highest BCUT2D eigenvalue weighted by atomic mass is 32.2. The van der Waals surface area contributed by atoms with Crippen molar-refractivity contribution in [3.8, 4) is 6.07 Å². The molecule has 0 aliphatic rings. The van der Waals surface area contributed by atoms with Gasteiger partial charge in [0.2, 0.25) is 0 Å². The van der Waals surface area contributed by atoms with Crippen LogP contribution in [0, 0.1) is 18.3 Å². The van der Waals surface area contributed by atoms with Crippen LogP contribution in [0.5, 0.6) is 0 Å². The molecule has 3 rings (SSSR count). The third kappa shape index (κ3) is 2.77. The first-order valence-corrected chi connectivity index (χ1v) is 7.59. The van der Waals surface area contributed by atoms with Gasteiger partial charge in [-0.15, -0.1) is 11.3 Å². The fourth-order valence-electron chi connectivity index (χ4n) is 1.73. The standard InChI is InChI=1S/C15H10N2OS2/c1-10-6-7-11(18-10)8-12(9-16)19-15-17-13-4-2-3-5-14(13)20-15/h2-8H,1H3/b12-8+. The average Bonchev–Trinajstić information content (AvgIpc) is 3.03. The van der Waals surface area contributed by atoms with E-state index >= 15 is 0 Å². The number of benzene rings is 1. The predicted octanol–water partition coefficient (Wildman–Crippen LogP) is 4.85. The van der Waals surface area contributed by atoms with Gasteiger partial charge in [0.15, 0.2) is 4.34 Å². The van der Waals surface area contributed by atoms with Gasteiger partial charge in [0.05, 0.1) is 15.1 Å². The van der Waals surface area contributed by atoms with Crippen LogP contribution in [-0.2, 0) is 0 Å². The number of para-hydroxylation sites is 1. The fourth-order valence-corrected chi connectivity index (χ4v) is 3.69. The largest absolute Gasteiger partial charge is 0.462 e. The van der Waals surface area contributed by atoms with E-state index in [0.29, 0.717) is 10.7 Å². The van der Waals surface area contributed by atoms with Gasteiger partial charge in [0.25, 0.3) is 0 Å². The molecule has 3 nitrogen and oxygen atoms in total. The zero-order chi connectivity index (χ0) is 13.9. The second-order valence-electron chi connectivity index (χ2n) is 4.12. The zero-order valence-corrected chi connectivity index (χ0v) is 12.3. The second kappa shape index (κ2) is 5.53. The Labute approximate surface area is 124 Å². The molecular formula is C15H10N2OS2. The van der Waals surface area contributed by atoms with Crippen LogP contribution in [0.2, 0.25) is 0 Å². The molecule has 0 saturated heterocycles. The number of nitriles is 1. The molecule has 2 aromatic heterocycles. The number of nitrogens with zero attached hydrogens (tertiary/aromatic N) is 2. The van der Waals surface area contributed by atoms with E-state index in [-0.39, 0.29) is 0 Å². The number of rotatable bonds is 3. The lowest BCUT2D eigenvalue weighted by Gasteiger charge is -1.93. The number of fused-ring (bicyclic) bond motifs is 1. The van der Waals surface area contributed by atoms with Gasteiger partial charge in [0.1, 0.15) is 17.6 Å². The van der Waals surface area contributed by atoms with Gasteiger partial charge in [-0.2, -0.15) is 5.26 Å². The van der Waals surface area contributed by atoms with Crippen LogP contribution >= 0.6 is 23.1 Å². The van der Waals surface area contributed by atoms with Gasteiger partial charge >= 0.3 is 0 Å². The van der Waals surface area contributed by atoms with Crippen LogP contribution in [0.4, 0.5) is 0 Å². The topological polar surface area (TPSA) is 49.8 Å². The van der Waals surface area contributed by atoms with E-state index in [1.54, 1.807) is 17.4 Å². The highest BCUT2D eigenvalue weighted by molar-refractivity contribution is 8.05. The van der Waals surface area contributed by atoms with Crippen molar-refractivity contribution >= 4 is 39.4 Å². The molecular weight excluding hydrogens is 288 g/mol. The van der Waals surface area contributed by atoms with Gasteiger partial charge in [-0.3, -0.25) is 0 Å². The molecule has 3 aromatic rings. The molecule has 0 radical (unpaired) electrons. The van der Waals surface area contributed by atoms with Gasteiger partial charge in [-0.25, -0.2) is 4.98 Å². The normalized spacial score (nSPS) is 11.7. The monoisotopic (exact) mass is 298 g/mol. The molecule has 0 aliphatic heterocycles. The maximum atomic E-state index is 9.23. The Balaban J connectivity index is 1.88. The van der Waals surface area contributed by atoms with E-state index in [0.717, 1.165) is 20.3 Å². The number of aryl methyl sites for hydroxylation is 1. The molecule has 2 heterocycles. The molecule has 0 aliphatic carbocycles. The SMILES string of the molecule is Cc1ccc(/C=C(\C#N)Sc2nc3ccccc3s2)o1. The summed E-state index contributed by atoms with van der Waals surface area (Å²) in [5, 5.41) is 9.23. The molecule has 0 N–H and O–H groups in total. The van der Waals surface area contributed by atoms with Gasteiger partial charge < -0.3 is 4.42 Å². The Bertz CT molecular complexity index is 791. The van der Waals surface area contributed by atoms with Crippen molar-refractivity contribution in [2.75, 3.05) is 0 Å². The summed E-state index contributed by atoms with van der Waals surface area (Å²) in [5.41, 5.74) is 0.964. The molecule has 98 valence electrons. The van der Waals surface area contributed by atoms with Crippen LogP contribution in [-0.4, -0.2) is 4.98 Å². The number of thioether (sulfide) groups is 1. The van der Waals surface area contributed by atoms with Crippen molar-refractivity contribution < 1.29 is 4.42 Å². The molecule has 0 saturated carbocycles. The molecule has 0 bridgehead atoms. The zero-order valence-electron chi connectivity index (χ0n) is 10.7. The van der Waals surface area contributed by atoms with Gasteiger partial charge in [-0.1, -0.05) is 12.1 Å². The molecule has 0 spiro atoms. The summed E-state index contributed by atoms with van der Waals surface area (Å²) >= 11 is 2.95. The molecule has 1 aromatic carbocycles. The van der Waals surface area contributed by atoms with Crippen LogP contribution in [0.25, 0.3) is 16.3 Å². The van der Waals surface area contributed by atoms with Crippen molar-refractivity contribution in [2.24, 2.45) is 0 Å². The van der Waals surface area contributed by atoms with Crippen LogP contribution < -0.4 is 0 Å². The van der Waals surface area contributed by atoms with E-state index in [1.165, 1.54) is 11.8 Å². The minimum Gasteiger partial charge on any atom is -0.462 e. The molecule has 20 heavy (non-hydrogen) atoms. The van der Waals surface area contributed by atoms with Crippen molar-refractivity contribution in [3.05, 3.63) is 52.8 Å². The maximum Gasteiger partial charge on any atom is 0.156 e. The first-order valence-electron chi connectivity index (χ1n) is 5.96. The second-order valence-corrected chi connectivity index (χ2v) is 6.44. The first kappa shape index (κ1) is 13.0. The van der Waals surface area contributed by atoms with Crippen molar-refractivity contribution in [1.82, 2.24) is 4.98 Å². The van der Waals surface area contributed by atoms with Crippen molar-refractivity contribution in [1.29, 1.82) is 5.26 Å². The number of hydrogen-bond acceptors (Lipinski definition) is 5. The summed E-state index contributed by atoms with van der Waals surface area (Å²) in [4.78, 5) is 5.07. The summed E-state index contributed by atoms with van der Waals surface area (Å²) in [5.74, 6) is 1.52. The first-order chi connectivity index (χ1) is 9.74. The highest BCUT2D eigenvalue weighted by Crippen LogP contribution is 2.34. The van der Waals surface area contributed by atoms with Gasteiger partial charge in [-0.05, 0) is 43.0 Å². The minimum absolute atomic E-state index is 0.568. The Morgan fingerprint density at radius 3 is 2.90 bits per heavy atom. The number of furan rings is 1. The summed E-state index contributed by atoms with van der Waals surface area (Å²) in [7, 11) is 0. The fraction of sp³-hybridized carbons (Fsp3) is 0.0667. The molecule has 0 amide bonds. The molecule has 0 atom stereocenters. The lowest BCUT2D eigenvalue weighted by atomic mass is 10.3. The maximum absolute atomic E-state index is 9.23. The van der Waals surface area contributed by atoms with Gasteiger partial charge in [0, 0.05) is 6.08 Å². The molecule has 5 heteroatoms. The predicted molar refractivity (Wildman–Crippen MR) is 82.5 cm³/mol. The molecule has 0 unspecified atom stereocenters. The highest BCUT2D eigenvalue weighted by Gasteiger charge is 2.08. The Kier molecular flexibility index (Phi) is 3.59. The van der Waals surface area contributed by atoms with Crippen LogP contribution in [0.15, 0.2) is 50.1 Å². The minimum atomic E-state index is 0.568. The summed E-state index contributed by atoms with van der Waals surface area (Å²) in [6, 6.07) is 13.9. The number of allylic oxidation sites excluding steroid dienone is 1.